The summed E-state index contributed by atoms with van der Waals surface area (Å²) in [5.74, 6) is 0.713. The first-order chi connectivity index (χ1) is 15.9. The van der Waals surface area contributed by atoms with Gasteiger partial charge in [0.1, 0.15) is 0 Å². The van der Waals surface area contributed by atoms with Gasteiger partial charge in [0, 0.05) is 0 Å². The number of benzene rings is 4. The monoisotopic (exact) mass is 456 g/mol. The maximum Gasteiger partial charge on any atom is 0.265 e. The molecule has 0 bridgehead atoms. The molecule has 1 aliphatic heterocycles. The van der Waals surface area contributed by atoms with Crippen LogP contribution in [-0.2, 0) is 10.0 Å². The molecule has 1 aliphatic rings. The third kappa shape index (κ3) is 3.83. The zero-order valence-corrected chi connectivity index (χ0v) is 18.5. The lowest BCUT2D eigenvalue weighted by molar-refractivity contribution is 0.0998. The second-order valence-electron chi connectivity index (χ2n) is 7.64. The van der Waals surface area contributed by atoms with Gasteiger partial charge >= 0.3 is 0 Å². The molecule has 4 aromatic rings. The summed E-state index contributed by atoms with van der Waals surface area (Å²) in [6, 6.07) is 27.6. The topological polar surface area (TPSA) is 75.7 Å². The summed E-state index contributed by atoms with van der Waals surface area (Å²) >= 11 is 0. The van der Waals surface area contributed by atoms with Gasteiger partial charge in [0.25, 0.3) is 15.9 Å². The molecule has 7 heteroatoms. The standard InChI is InChI=1S/C26H20N2O4S/c1-18-14-16-19(17-15-18)33(30,31)27-21-9-3-2-8-20(21)26(29)28-22-10-4-6-12-24(22)32-25-13-7-5-11-23(25)28/h2-17,27H,1H3. The molecule has 33 heavy (non-hydrogen) atoms. The number of rotatable bonds is 4. The van der Waals surface area contributed by atoms with Gasteiger partial charge < -0.3 is 4.74 Å². The fourth-order valence-corrected chi connectivity index (χ4v) is 4.80. The third-order valence-electron chi connectivity index (χ3n) is 5.37. The van der Waals surface area contributed by atoms with Crippen molar-refractivity contribution in [2.45, 2.75) is 11.8 Å². The van der Waals surface area contributed by atoms with Crippen LogP contribution in [-0.4, -0.2) is 14.3 Å². The van der Waals surface area contributed by atoms with Gasteiger partial charge in [0.05, 0.1) is 27.5 Å². The summed E-state index contributed by atoms with van der Waals surface area (Å²) in [5, 5.41) is 0. The fourth-order valence-electron chi connectivity index (χ4n) is 3.72. The highest BCUT2D eigenvalue weighted by atomic mass is 32.2. The van der Waals surface area contributed by atoms with E-state index in [-0.39, 0.29) is 22.1 Å². The number of sulfonamides is 1. The van der Waals surface area contributed by atoms with Crippen LogP contribution in [0.5, 0.6) is 11.5 Å². The van der Waals surface area contributed by atoms with Gasteiger partial charge in [-0.1, -0.05) is 54.1 Å². The van der Waals surface area contributed by atoms with Crippen molar-refractivity contribution in [1.29, 1.82) is 0 Å². The van der Waals surface area contributed by atoms with Crippen LogP contribution in [0.4, 0.5) is 17.1 Å². The molecule has 0 atom stereocenters. The highest BCUT2D eigenvalue weighted by Crippen LogP contribution is 2.47. The number of para-hydroxylation sites is 5. The van der Waals surface area contributed by atoms with Crippen LogP contribution in [0, 0.1) is 6.92 Å². The van der Waals surface area contributed by atoms with Crippen LogP contribution >= 0.6 is 0 Å². The van der Waals surface area contributed by atoms with Crippen LogP contribution in [0.3, 0.4) is 0 Å². The number of fused-ring (bicyclic) bond motifs is 2. The molecule has 1 N–H and O–H groups in total. The molecule has 4 aromatic carbocycles. The van der Waals surface area contributed by atoms with E-state index in [2.05, 4.69) is 4.72 Å². The van der Waals surface area contributed by atoms with E-state index in [4.69, 9.17) is 4.74 Å². The number of nitrogens with one attached hydrogen (secondary N) is 1. The number of aryl methyl sites for hydroxylation is 1. The molecule has 0 spiro atoms. The van der Waals surface area contributed by atoms with Crippen molar-refractivity contribution in [3.8, 4) is 11.5 Å². The van der Waals surface area contributed by atoms with Crippen molar-refractivity contribution in [3.05, 3.63) is 108 Å². The van der Waals surface area contributed by atoms with Crippen LogP contribution < -0.4 is 14.4 Å². The number of hydrogen-bond donors (Lipinski definition) is 1. The molecule has 164 valence electrons. The lowest BCUT2D eigenvalue weighted by Gasteiger charge is -2.31. The third-order valence-corrected chi connectivity index (χ3v) is 6.75. The molecular formula is C26H20N2O4S. The zero-order valence-electron chi connectivity index (χ0n) is 17.7. The van der Waals surface area contributed by atoms with E-state index < -0.39 is 10.0 Å². The quantitative estimate of drug-likeness (QED) is 0.416. The summed E-state index contributed by atoms with van der Waals surface area (Å²) in [5.41, 5.74) is 2.54. The Morgan fingerprint density at radius 3 is 1.94 bits per heavy atom. The fraction of sp³-hybridized carbons (Fsp3) is 0.0385. The Balaban J connectivity index is 1.57. The number of ether oxygens (including phenoxy) is 1. The Morgan fingerprint density at radius 1 is 0.758 bits per heavy atom. The smallest absolute Gasteiger partial charge is 0.265 e. The SMILES string of the molecule is Cc1ccc(S(=O)(=O)Nc2ccccc2C(=O)N2c3ccccc3Oc3ccccc32)cc1. The van der Waals surface area contributed by atoms with Crippen LogP contribution in [0.1, 0.15) is 15.9 Å². The number of carbonyl (C=O) groups is 1. The molecule has 0 saturated heterocycles. The van der Waals surface area contributed by atoms with E-state index in [9.17, 15) is 13.2 Å². The van der Waals surface area contributed by atoms with Crippen LogP contribution in [0.15, 0.2) is 102 Å². The second-order valence-corrected chi connectivity index (χ2v) is 9.32. The van der Waals surface area contributed by atoms with Gasteiger partial charge in [-0.15, -0.1) is 0 Å². The Bertz CT molecular complexity index is 1420. The van der Waals surface area contributed by atoms with E-state index in [0.29, 0.717) is 22.9 Å². The van der Waals surface area contributed by atoms with E-state index in [1.807, 2.05) is 31.2 Å². The van der Waals surface area contributed by atoms with Crippen molar-refractivity contribution in [1.82, 2.24) is 0 Å². The first-order valence-electron chi connectivity index (χ1n) is 10.3. The minimum absolute atomic E-state index is 0.123. The summed E-state index contributed by atoms with van der Waals surface area (Å²) in [4.78, 5) is 15.5. The van der Waals surface area contributed by atoms with Crippen molar-refractivity contribution in [3.63, 3.8) is 0 Å². The molecule has 0 radical (unpaired) electrons. The maximum atomic E-state index is 13.8. The summed E-state index contributed by atoms with van der Waals surface area (Å²) in [6.45, 7) is 1.88. The second kappa shape index (κ2) is 8.11. The molecule has 0 unspecified atom stereocenters. The molecule has 0 fully saturated rings. The molecule has 5 rings (SSSR count). The normalized spacial score (nSPS) is 12.3. The largest absolute Gasteiger partial charge is 0.453 e. The van der Waals surface area contributed by atoms with Crippen molar-refractivity contribution in [2.24, 2.45) is 0 Å². The molecule has 6 nitrogen and oxygen atoms in total. The highest BCUT2D eigenvalue weighted by Gasteiger charge is 2.31. The van der Waals surface area contributed by atoms with E-state index >= 15 is 0 Å². The first-order valence-corrected chi connectivity index (χ1v) is 11.8. The van der Waals surface area contributed by atoms with Gasteiger partial charge in [0.2, 0.25) is 0 Å². The minimum atomic E-state index is -3.88. The molecule has 1 amide bonds. The average Bonchev–Trinajstić information content (AvgIpc) is 2.82. The summed E-state index contributed by atoms with van der Waals surface area (Å²) in [7, 11) is -3.88. The highest BCUT2D eigenvalue weighted by molar-refractivity contribution is 7.92. The van der Waals surface area contributed by atoms with Gasteiger partial charge in [-0.05, 0) is 55.5 Å². The molecule has 1 heterocycles. The predicted molar refractivity (Wildman–Crippen MR) is 128 cm³/mol. The summed E-state index contributed by atoms with van der Waals surface area (Å²) < 4.78 is 34.6. The predicted octanol–water partition coefficient (Wildman–Crippen LogP) is 5.88. The van der Waals surface area contributed by atoms with Gasteiger partial charge in [-0.3, -0.25) is 14.4 Å². The molecule has 0 aliphatic carbocycles. The van der Waals surface area contributed by atoms with E-state index in [1.165, 1.54) is 12.1 Å². The number of amides is 1. The molecular weight excluding hydrogens is 436 g/mol. The summed E-state index contributed by atoms with van der Waals surface area (Å²) in [6.07, 6.45) is 0. The lowest BCUT2D eigenvalue weighted by Crippen LogP contribution is -2.29. The Hall–Kier alpha value is -4.10. The number of nitrogens with zero attached hydrogens (tertiary/aromatic N) is 1. The number of anilines is 3. The number of carbonyl (C=O) groups excluding carboxylic acids is 1. The van der Waals surface area contributed by atoms with E-state index in [0.717, 1.165) is 5.56 Å². The van der Waals surface area contributed by atoms with Gasteiger partial charge in [-0.2, -0.15) is 0 Å². The zero-order chi connectivity index (χ0) is 23.0. The van der Waals surface area contributed by atoms with E-state index in [1.54, 1.807) is 65.6 Å². The van der Waals surface area contributed by atoms with Crippen molar-refractivity contribution in [2.75, 3.05) is 9.62 Å². The average molecular weight is 457 g/mol. The lowest BCUT2D eigenvalue weighted by atomic mass is 10.1. The van der Waals surface area contributed by atoms with Crippen molar-refractivity contribution >= 4 is 33.0 Å². The number of hydrogen-bond acceptors (Lipinski definition) is 4. The minimum Gasteiger partial charge on any atom is -0.453 e. The molecule has 0 aromatic heterocycles. The Morgan fingerprint density at radius 2 is 1.30 bits per heavy atom. The Kier molecular flexibility index (Phi) is 5.11. The first kappa shape index (κ1) is 20.8. The van der Waals surface area contributed by atoms with Crippen LogP contribution in [0.25, 0.3) is 0 Å². The van der Waals surface area contributed by atoms with Crippen LogP contribution in [0.2, 0.25) is 0 Å². The maximum absolute atomic E-state index is 13.8. The molecule has 0 saturated carbocycles. The van der Waals surface area contributed by atoms with Gasteiger partial charge in [0.15, 0.2) is 11.5 Å². The van der Waals surface area contributed by atoms with Gasteiger partial charge in [-0.25, -0.2) is 8.42 Å². The van der Waals surface area contributed by atoms with Crippen molar-refractivity contribution < 1.29 is 17.9 Å². The Labute approximate surface area is 192 Å².